The number of benzene rings is 1. The zero-order valence-corrected chi connectivity index (χ0v) is 15.2. The number of nitrogens with zero attached hydrogens (tertiary/aromatic N) is 1. The van der Waals surface area contributed by atoms with Gasteiger partial charge in [0.25, 0.3) is 5.91 Å². The highest BCUT2D eigenvalue weighted by atomic mass is 79.9. The molecular weight excluding hydrogens is 397 g/mol. The molecule has 3 rings (SSSR count). The quantitative estimate of drug-likeness (QED) is 0.796. The van der Waals surface area contributed by atoms with Crippen molar-refractivity contribution >= 4 is 44.5 Å². The average molecular weight is 412 g/mol. The molecule has 8 heteroatoms. The van der Waals surface area contributed by atoms with Crippen LogP contribution in [0.25, 0.3) is 0 Å². The summed E-state index contributed by atoms with van der Waals surface area (Å²) in [6.07, 6.45) is 0.665. The van der Waals surface area contributed by atoms with Crippen molar-refractivity contribution < 1.29 is 13.6 Å². The number of anilines is 1. The fourth-order valence-electron chi connectivity index (χ4n) is 2.53. The maximum atomic E-state index is 14.3. The Labute approximate surface area is 151 Å². The second kappa shape index (κ2) is 6.60. The van der Waals surface area contributed by atoms with E-state index < -0.39 is 11.4 Å². The third-order valence-electron chi connectivity index (χ3n) is 3.80. The van der Waals surface area contributed by atoms with Gasteiger partial charge in [0.1, 0.15) is 5.82 Å². The number of hydrogen-bond donors (Lipinski definition) is 2. The van der Waals surface area contributed by atoms with E-state index >= 15 is 0 Å². The summed E-state index contributed by atoms with van der Waals surface area (Å²) >= 11 is 4.60. The van der Waals surface area contributed by atoms with E-state index in [1.165, 1.54) is 23.9 Å². The summed E-state index contributed by atoms with van der Waals surface area (Å²) in [5.41, 5.74) is 5.93. The van der Waals surface area contributed by atoms with Crippen molar-refractivity contribution in [1.82, 2.24) is 0 Å². The first-order valence-corrected chi connectivity index (χ1v) is 9.00. The van der Waals surface area contributed by atoms with Crippen molar-refractivity contribution in [2.45, 2.75) is 18.9 Å². The summed E-state index contributed by atoms with van der Waals surface area (Å²) in [5.74, 6) is 0.142. The Bertz CT molecular complexity index is 823. The maximum Gasteiger partial charge on any atom is 0.291 e. The first kappa shape index (κ1) is 17.0. The van der Waals surface area contributed by atoms with Crippen LogP contribution in [0, 0.1) is 5.82 Å². The largest absolute Gasteiger partial charge is 0.444 e. The average Bonchev–Trinajstić information content (AvgIpc) is 2.95. The van der Waals surface area contributed by atoms with Crippen LogP contribution in [-0.2, 0) is 5.54 Å². The van der Waals surface area contributed by atoms with Gasteiger partial charge in [-0.05, 0) is 59.6 Å². The number of nitrogens with two attached hydrogens (primary N) is 1. The molecule has 0 bridgehead atoms. The number of nitrogens with one attached hydrogen (secondary N) is 1. The third-order valence-corrected chi connectivity index (χ3v) is 5.02. The van der Waals surface area contributed by atoms with E-state index in [1.54, 1.807) is 18.2 Å². The van der Waals surface area contributed by atoms with E-state index in [4.69, 9.17) is 10.2 Å². The highest BCUT2D eigenvalue weighted by molar-refractivity contribution is 9.10. The minimum Gasteiger partial charge on any atom is -0.444 e. The number of halogens is 2. The molecule has 0 saturated heterocycles. The lowest BCUT2D eigenvalue weighted by Crippen LogP contribution is -2.29. The highest BCUT2D eigenvalue weighted by Gasteiger charge is 2.32. The Hall–Kier alpha value is -1.80. The van der Waals surface area contributed by atoms with Crippen molar-refractivity contribution in [3.05, 3.63) is 52.1 Å². The Balaban J connectivity index is 1.89. The summed E-state index contributed by atoms with van der Waals surface area (Å²) in [5, 5.41) is 3.14. The highest BCUT2D eigenvalue weighted by Crippen LogP contribution is 2.37. The summed E-state index contributed by atoms with van der Waals surface area (Å²) in [6, 6.07) is 7.60. The van der Waals surface area contributed by atoms with Gasteiger partial charge < -0.3 is 15.5 Å². The molecular formula is C16H15BrFN3O2S. The van der Waals surface area contributed by atoms with Crippen LogP contribution in [0.5, 0.6) is 0 Å². The number of rotatable bonds is 3. The number of aliphatic imine (C=N–C) groups is 1. The lowest BCUT2D eigenvalue weighted by molar-refractivity contribution is 0.0995. The van der Waals surface area contributed by atoms with Crippen molar-refractivity contribution in [2.75, 3.05) is 11.1 Å². The van der Waals surface area contributed by atoms with Gasteiger partial charge in [-0.3, -0.25) is 9.79 Å². The van der Waals surface area contributed by atoms with Crippen molar-refractivity contribution in [3.63, 3.8) is 0 Å². The van der Waals surface area contributed by atoms with Crippen LogP contribution >= 0.6 is 27.7 Å². The predicted molar refractivity (Wildman–Crippen MR) is 96.8 cm³/mol. The second-order valence-corrected chi connectivity index (χ2v) is 7.47. The molecule has 5 nitrogen and oxygen atoms in total. The van der Waals surface area contributed by atoms with E-state index in [9.17, 15) is 9.18 Å². The second-order valence-electron chi connectivity index (χ2n) is 5.57. The molecule has 126 valence electrons. The first-order chi connectivity index (χ1) is 11.4. The molecule has 3 N–H and O–H groups in total. The number of thioether (sulfide) groups is 1. The van der Waals surface area contributed by atoms with E-state index in [0.717, 1.165) is 5.75 Å². The lowest BCUT2D eigenvalue weighted by atomic mass is 9.89. The van der Waals surface area contributed by atoms with Gasteiger partial charge in [-0.1, -0.05) is 11.8 Å². The molecule has 1 aromatic heterocycles. The SMILES string of the molecule is CC1(c2cc(NC(=O)c3ccc(Br)o3)ccc2F)CCSC(N)=N1. The number of carbonyl (C=O) groups is 1. The lowest BCUT2D eigenvalue weighted by Gasteiger charge is -2.30. The summed E-state index contributed by atoms with van der Waals surface area (Å²) in [4.78, 5) is 16.6. The Kier molecular flexibility index (Phi) is 4.69. The maximum absolute atomic E-state index is 14.3. The van der Waals surface area contributed by atoms with E-state index in [0.29, 0.717) is 27.5 Å². The summed E-state index contributed by atoms with van der Waals surface area (Å²) < 4.78 is 20.0. The molecule has 2 heterocycles. The third kappa shape index (κ3) is 3.49. The van der Waals surface area contributed by atoms with E-state index in [-0.39, 0.29) is 11.6 Å². The molecule has 1 unspecified atom stereocenters. The first-order valence-electron chi connectivity index (χ1n) is 7.22. The predicted octanol–water partition coefficient (Wildman–Crippen LogP) is 4.10. The molecule has 0 aliphatic carbocycles. The molecule has 1 aliphatic heterocycles. The molecule has 0 saturated carbocycles. The Morgan fingerprint density at radius 1 is 1.46 bits per heavy atom. The van der Waals surface area contributed by atoms with Gasteiger partial charge >= 0.3 is 0 Å². The van der Waals surface area contributed by atoms with Gasteiger partial charge in [-0.2, -0.15) is 0 Å². The fraction of sp³-hybridized carbons (Fsp3) is 0.250. The van der Waals surface area contributed by atoms with Crippen molar-refractivity contribution in [1.29, 1.82) is 0 Å². The zero-order chi connectivity index (χ0) is 17.3. The molecule has 0 radical (unpaired) electrons. The van der Waals surface area contributed by atoms with Crippen molar-refractivity contribution in [2.24, 2.45) is 10.7 Å². The van der Waals surface area contributed by atoms with Crippen LogP contribution in [0.4, 0.5) is 10.1 Å². The number of amidine groups is 1. The molecule has 1 atom stereocenters. The van der Waals surface area contributed by atoms with Crippen LogP contribution in [0.2, 0.25) is 0 Å². The summed E-state index contributed by atoms with van der Waals surface area (Å²) in [6.45, 7) is 1.84. The zero-order valence-electron chi connectivity index (χ0n) is 12.8. The van der Waals surface area contributed by atoms with Crippen LogP contribution in [0.15, 0.2) is 44.4 Å². The van der Waals surface area contributed by atoms with Crippen LogP contribution in [-0.4, -0.2) is 16.8 Å². The van der Waals surface area contributed by atoms with Crippen LogP contribution in [0.3, 0.4) is 0 Å². The van der Waals surface area contributed by atoms with E-state index in [1.807, 2.05) is 6.92 Å². The number of furan rings is 1. The Morgan fingerprint density at radius 3 is 2.92 bits per heavy atom. The normalized spacial score (nSPS) is 20.5. The number of hydrogen-bond acceptors (Lipinski definition) is 5. The molecule has 2 aromatic rings. The van der Waals surface area contributed by atoms with Gasteiger partial charge in [0.2, 0.25) is 0 Å². The van der Waals surface area contributed by atoms with Crippen molar-refractivity contribution in [3.8, 4) is 0 Å². The van der Waals surface area contributed by atoms with Gasteiger partial charge in [0.05, 0.1) is 5.54 Å². The smallest absolute Gasteiger partial charge is 0.291 e. The minimum atomic E-state index is -0.742. The molecule has 1 amide bonds. The molecule has 24 heavy (non-hydrogen) atoms. The standard InChI is InChI=1S/C16H15BrFN3O2S/c1-16(6-7-24-15(19)21-16)10-8-9(2-3-11(10)18)20-14(22)12-4-5-13(17)23-12/h2-5,8H,6-7H2,1H3,(H2,19,21)(H,20,22). The minimum absolute atomic E-state index is 0.162. The van der Waals surface area contributed by atoms with E-state index in [2.05, 4.69) is 26.2 Å². The van der Waals surface area contributed by atoms with Crippen LogP contribution in [0.1, 0.15) is 29.5 Å². The van der Waals surface area contributed by atoms with Gasteiger partial charge in [0.15, 0.2) is 15.6 Å². The summed E-state index contributed by atoms with van der Waals surface area (Å²) in [7, 11) is 0. The molecule has 0 fully saturated rings. The Morgan fingerprint density at radius 2 is 2.25 bits per heavy atom. The number of amides is 1. The van der Waals surface area contributed by atoms with Gasteiger partial charge in [-0.25, -0.2) is 4.39 Å². The molecule has 1 aromatic carbocycles. The van der Waals surface area contributed by atoms with Crippen LogP contribution < -0.4 is 11.1 Å². The number of carbonyl (C=O) groups excluding carboxylic acids is 1. The van der Waals surface area contributed by atoms with Gasteiger partial charge in [-0.15, -0.1) is 0 Å². The molecule has 0 spiro atoms. The topological polar surface area (TPSA) is 80.6 Å². The monoisotopic (exact) mass is 411 g/mol. The van der Waals surface area contributed by atoms with Gasteiger partial charge in [0, 0.05) is 17.0 Å². The fourth-order valence-corrected chi connectivity index (χ4v) is 3.81. The molecule has 1 aliphatic rings.